The molecule has 0 spiro atoms. The van der Waals surface area contributed by atoms with Gasteiger partial charge in [0, 0.05) is 0 Å². The Bertz CT molecular complexity index is 191. The summed E-state index contributed by atoms with van der Waals surface area (Å²) in [5, 5.41) is 0. The molecule has 0 amide bonds. The van der Waals surface area contributed by atoms with E-state index in [0.717, 1.165) is 25.9 Å². The van der Waals surface area contributed by atoms with Gasteiger partial charge in [-0.3, -0.25) is 0 Å². The normalized spacial score (nSPS) is 20.0. The van der Waals surface area contributed by atoms with Crippen LogP contribution in [0.2, 0.25) is 0 Å². The fraction of sp³-hybridized carbons (Fsp3) is 0.889. The topological polar surface area (TPSA) is 29.5 Å². The van der Waals surface area contributed by atoms with Crippen molar-refractivity contribution in [1.82, 2.24) is 4.90 Å². The number of esters is 1. The molecule has 0 aromatic heterocycles. The zero-order valence-electron chi connectivity index (χ0n) is 8.21. The number of hydrogen-bond acceptors (Lipinski definition) is 3. The third-order valence-corrected chi connectivity index (χ3v) is 3.23. The van der Waals surface area contributed by atoms with Gasteiger partial charge in [0.25, 0.3) is 0 Å². The first-order valence-electron chi connectivity index (χ1n) is 4.73. The Balaban J connectivity index is 2.16. The second kappa shape index (κ2) is 6.08. The van der Waals surface area contributed by atoms with Crippen LogP contribution in [-0.2, 0) is 9.53 Å². The number of hydrogen-bond donors (Lipinski definition) is 0. The predicted molar refractivity (Wildman–Crippen MR) is 62.8 cm³/mol. The number of halogens is 2. The summed E-state index contributed by atoms with van der Waals surface area (Å²) >= 11 is 6.22. The molecule has 0 unspecified atom stereocenters. The summed E-state index contributed by atoms with van der Waals surface area (Å²) in [5.74, 6) is 0.304. The molecular formula is C9H15Br2NO2. The molecule has 0 aliphatic carbocycles. The van der Waals surface area contributed by atoms with Crippen molar-refractivity contribution in [2.45, 2.75) is 16.6 Å². The fourth-order valence-corrected chi connectivity index (χ4v) is 1.76. The van der Waals surface area contributed by atoms with Crippen LogP contribution in [0.15, 0.2) is 0 Å². The Labute approximate surface area is 101 Å². The Kier molecular flexibility index (Phi) is 5.41. The van der Waals surface area contributed by atoms with E-state index < -0.39 is 0 Å². The lowest BCUT2D eigenvalue weighted by atomic mass is 9.98. The van der Waals surface area contributed by atoms with Crippen molar-refractivity contribution in [1.29, 1.82) is 0 Å². The summed E-state index contributed by atoms with van der Waals surface area (Å²) in [4.78, 5) is 13.4. The van der Waals surface area contributed by atoms with Gasteiger partial charge in [-0.05, 0) is 38.9 Å². The van der Waals surface area contributed by atoms with Gasteiger partial charge < -0.3 is 9.64 Å². The van der Waals surface area contributed by atoms with Crippen LogP contribution in [0.1, 0.15) is 12.8 Å². The minimum Gasteiger partial charge on any atom is -0.464 e. The summed E-state index contributed by atoms with van der Waals surface area (Å²) in [7, 11) is 2.12. The average molecular weight is 329 g/mol. The minimum absolute atomic E-state index is 0.232. The second-order valence-corrected chi connectivity index (χ2v) is 6.74. The van der Waals surface area contributed by atoms with Crippen LogP contribution in [0, 0.1) is 5.92 Å². The van der Waals surface area contributed by atoms with Crippen LogP contribution in [0.3, 0.4) is 0 Å². The van der Waals surface area contributed by atoms with Gasteiger partial charge in [-0.15, -0.1) is 0 Å². The molecule has 0 saturated carbocycles. The van der Waals surface area contributed by atoms with E-state index in [9.17, 15) is 4.79 Å². The first kappa shape index (κ1) is 12.5. The fourth-order valence-electron chi connectivity index (χ4n) is 1.49. The van der Waals surface area contributed by atoms with Gasteiger partial charge in [0.15, 0.2) is 3.74 Å². The van der Waals surface area contributed by atoms with E-state index in [4.69, 9.17) is 4.74 Å². The lowest BCUT2D eigenvalue weighted by Crippen LogP contribution is -2.32. The number of piperidine rings is 1. The summed E-state index contributed by atoms with van der Waals surface area (Å²) in [5.41, 5.74) is 0. The van der Waals surface area contributed by atoms with Crippen molar-refractivity contribution in [3.8, 4) is 0 Å². The first-order chi connectivity index (χ1) is 6.59. The van der Waals surface area contributed by atoms with E-state index in [1.165, 1.54) is 0 Å². The molecule has 1 aliphatic rings. The average Bonchev–Trinajstić information content (AvgIpc) is 2.16. The molecule has 0 N–H and O–H groups in total. The van der Waals surface area contributed by atoms with E-state index in [1.54, 1.807) is 0 Å². The zero-order chi connectivity index (χ0) is 10.6. The van der Waals surface area contributed by atoms with Crippen molar-refractivity contribution in [3.05, 3.63) is 0 Å². The lowest BCUT2D eigenvalue weighted by molar-refractivity contribution is -0.142. The van der Waals surface area contributed by atoms with E-state index in [0.29, 0.717) is 12.5 Å². The molecule has 0 aromatic carbocycles. The highest BCUT2D eigenvalue weighted by Crippen LogP contribution is 2.17. The second-order valence-electron chi connectivity index (χ2n) is 3.68. The lowest BCUT2D eigenvalue weighted by Gasteiger charge is -2.28. The van der Waals surface area contributed by atoms with Crippen LogP contribution in [0.25, 0.3) is 0 Å². The van der Waals surface area contributed by atoms with Crippen LogP contribution < -0.4 is 0 Å². The molecule has 14 heavy (non-hydrogen) atoms. The molecule has 0 aromatic rings. The number of rotatable bonds is 3. The molecule has 1 saturated heterocycles. The van der Waals surface area contributed by atoms with Gasteiger partial charge >= 0.3 is 5.97 Å². The third-order valence-electron chi connectivity index (χ3n) is 2.48. The zero-order valence-corrected chi connectivity index (χ0v) is 11.4. The summed E-state index contributed by atoms with van der Waals surface area (Å²) in [6, 6.07) is 0. The number of carbonyl (C=O) groups excluding carboxylic acids is 1. The molecule has 82 valence electrons. The quantitative estimate of drug-likeness (QED) is 0.586. The minimum atomic E-state index is -0.374. The molecule has 0 atom stereocenters. The van der Waals surface area contributed by atoms with Gasteiger partial charge in [0.2, 0.25) is 0 Å². The van der Waals surface area contributed by atoms with E-state index >= 15 is 0 Å². The van der Waals surface area contributed by atoms with E-state index in [-0.39, 0.29) is 9.71 Å². The number of ether oxygens (including phenoxy) is 1. The summed E-state index contributed by atoms with van der Waals surface area (Å²) in [6.45, 7) is 2.77. The highest BCUT2D eigenvalue weighted by atomic mass is 79.9. The third kappa shape index (κ3) is 4.28. The standard InChI is InChI=1S/C9H15Br2NO2/c1-12-4-2-7(3-5-12)6-14-9(13)8(10)11/h7-8H,2-6H2,1H3. The van der Waals surface area contributed by atoms with E-state index in [2.05, 4.69) is 43.8 Å². The van der Waals surface area contributed by atoms with Gasteiger partial charge in [-0.25, -0.2) is 4.79 Å². The largest absolute Gasteiger partial charge is 0.464 e. The highest BCUT2D eigenvalue weighted by molar-refractivity contribution is 9.25. The van der Waals surface area contributed by atoms with Gasteiger partial charge in [0.05, 0.1) is 6.61 Å². The van der Waals surface area contributed by atoms with E-state index in [1.807, 2.05) is 0 Å². The highest BCUT2D eigenvalue weighted by Gasteiger charge is 2.19. The number of likely N-dealkylation sites (tertiary alicyclic amines) is 1. The van der Waals surface area contributed by atoms with Crippen LogP contribution in [0.4, 0.5) is 0 Å². The molecule has 3 nitrogen and oxygen atoms in total. The van der Waals surface area contributed by atoms with Crippen molar-refractivity contribution in [3.63, 3.8) is 0 Å². The van der Waals surface area contributed by atoms with Crippen LogP contribution in [-0.4, -0.2) is 41.3 Å². The van der Waals surface area contributed by atoms with Gasteiger partial charge in [-0.1, -0.05) is 31.9 Å². The smallest absolute Gasteiger partial charge is 0.330 e. The Hall–Kier alpha value is 0.390. The summed E-state index contributed by atoms with van der Waals surface area (Å²) < 4.78 is 4.75. The number of alkyl halides is 2. The van der Waals surface area contributed by atoms with Crippen LogP contribution in [0.5, 0.6) is 0 Å². The molecular weight excluding hydrogens is 314 g/mol. The molecule has 5 heteroatoms. The SMILES string of the molecule is CN1CCC(COC(=O)C(Br)Br)CC1. The van der Waals surface area contributed by atoms with Crippen LogP contribution >= 0.6 is 31.9 Å². The number of nitrogens with zero attached hydrogens (tertiary/aromatic N) is 1. The van der Waals surface area contributed by atoms with Crippen molar-refractivity contribution >= 4 is 37.8 Å². The molecule has 0 bridgehead atoms. The Morgan fingerprint density at radius 1 is 1.50 bits per heavy atom. The monoisotopic (exact) mass is 327 g/mol. The van der Waals surface area contributed by atoms with Gasteiger partial charge in [0.1, 0.15) is 0 Å². The van der Waals surface area contributed by atoms with Crippen molar-refractivity contribution in [2.24, 2.45) is 5.92 Å². The maximum atomic E-state index is 11.1. The molecule has 1 aliphatic heterocycles. The van der Waals surface area contributed by atoms with Gasteiger partial charge in [-0.2, -0.15) is 0 Å². The first-order valence-corrected chi connectivity index (χ1v) is 6.56. The molecule has 1 rings (SSSR count). The Morgan fingerprint density at radius 3 is 2.57 bits per heavy atom. The summed E-state index contributed by atoms with van der Waals surface area (Å²) in [6.07, 6.45) is 2.25. The van der Waals surface area contributed by atoms with Crippen molar-refractivity contribution < 1.29 is 9.53 Å². The molecule has 0 radical (unpaired) electrons. The number of carbonyl (C=O) groups is 1. The maximum Gasteiger partial charge on any atom is 0.330 e. The molecule has 1 heterocycles. The van der Waals surface area contributed by atoms with Crippen molar-refractivity contribution in [2.75, 3.05) is 26.7 Å². The Morgan fingerprint density at radius 2 is 2.07 bits per heavy atom. The molecule has 1 fully saturated rings. The maximum absolute atomic E-state index is 11.1. The predicted octanol–water partition coefficient (Wildman–Crippen LogP) is 1.99.